The van der Waals surface area contributed by atoms with Gasteiger partial charge in [-0.2, -0.15) is 0 Å². The number of rotatable bonds is 9. The van der Waals surface area contributed by atoms with Crippen molar-refractivity contribution >= 4 is 0 Å². The van der Waals surface area contributed by atoms with Gasteiger partial charge in [0.1, 0.15) is 0 Å². The highest BCUT2D eigenvalue weighted by molar-refractivity contribution is 4.80. The number of aliphatic hydroxyl groups is 1. The molecular formula is C13H30N2O. The third-order valence-corrected chi connectivity index (χ3v) is 3.76. The highest BCUT2D eigenvalue weighted by Crippen LogP contribution is 2.13. The smallest absolute Gasteiger partial charge is 0.0610 e. The van der Waals surface area contributed by atoms with Crippen LogP contribution in [0.2, 0.25) is 0 Å². The molecule has 98 valence electrons. The molecule has 0 aromatic carbocycles. The minimum absolute atomic E-state index is 0.116. The van der Waals surface area contributed by atoms with E-state index < -0.39 is 0 Å². The molecule has 3 heteroatoms. The van der Waals surface area contributed by atoms with Crippen molar-refractivity contribution in [2.24, 2.45) is 0 Å². The third-order valence-electron chi connectivity index (χ3n) is 3.76. The molecule has 1 unspecified atom stereocenters. The van der Waals surface area contributed by atoms with Gasteiger partial charge in [-0.15, -0.1) is 0 Å². The Labute approximate surface area is 101 Å². The Morgan fingerprint density at radius 1 is 1.31 bits per heavy atom. The molecular weight excluding hydrogens is 200 g/mol. The van der Waals surface area contributed by atoms with Gasteiger partial charge < -0.3 is 15.3 Å². The van der Waals surface area contributed by atoms with Crippen LogP contribution in [0, 0.1) is 0 Å². The first-order valence-corrected chi connectivity index (χ1v) is 6.53. The average molecular weight is 230 g/mol. The van der Waals surface area contributed by atoms with Gasteiger partial charge in [0, 0.05) is 11.6 Å². The number of hydrogen-bond acceptors (Lipinski definition) is 3. The molecule has 1 atom stereocenters. The molecule has 0 aromatic rings. The van der Waals surface area contributed by atoms with E-state index >= 15 is 0 Å². The Hall–Kier alpha value is -0.120. The fourth-order valence-corrected chi connectivity index (χ4v) is 2.10. The van der Waals surface area contributed by atoms with Crippen molar-refractivity contribution < 1.29 is 5.11 Å². The fraction of sp³-hybridized carbons (Fsp3) is 1.00. The molecule has 0 aliphatic carbocycles. The highest BCUT2D eigenvalue weighted by atomic mass is 16.3. The molecule has 0 amide bonds. The van der Waals surface area contributed by atoms with Crippen molar-refractivity contribution in [3.05, 3.63) is 0 Å². The monoisotopic (exact) mass is 230 g/mol. The number of hydrogen-bond donors (Lipinski definition) is 2. The second-order valence-electron chi connectivity index (χ2n) is 5.02. The van der Waals surface area contributed by atoms with Crippen molar-refractivity contribution in [3.63, 3.8) is 0 Å². The van der Waals surface area contributed by atoms with Crippen LogP contribution in [-0.2, 0) is 0 Å². The van der Waals surface area contributed by atoms with E-state index in [1.165, 1.54) is 12.8 Å². The minimum Gasteiger partial charge on any atom is -0.394 e. The van der Waals surface area contributed by atoms with Crippen LogP contribution in [-0.4, -0.2) is 48.8 Å². The fourth-order valence-electron chi connectivity index (χ4n) is 2.10. The van der Waals surface area contributed by atoms with Gasteiger partial charge in [-0.25, -0.2) is 0 Å². The van der Waals surface area contributed by atoms with Gasteiger partial charge in [-0.1, -0.05) is 13.8 Å². The molecule has 16 heavy (non-hydrogen) atoms. The Balaban J connectivity index is 3.88. The molecule has 0 saturated heterocycles. The quantitative estimate of drug-likeness (QED) is 0.634. The molecule has 0 radical (unpaired) electrons. The van der Waals surface area contributed by atoms with E-state index in [1.54, 1.807) is 0 Å². The summed E-state index contributed by atoms with van der Waals surface area (Å²) in [5.41, 5.74) is -0.116. The van der Waals surface area contributed by atoms with Crippen molar-refractivity contribution in [2.75, 3.05) is 27.2 Å². The van der Waals surface area contributed by atoms with E-state index in [-0.39, 0.29) is 12.1 Å². The van der Waals surface area contributed by atoms with Crippen molar-refractivity contribution in [2.45, 2.75) is 58.0 Å². The normalized spacial score (nSPS) is 15.8. The second-order valence-corrected chi connectivity index (χ2v) is 5.02. The van der Waals surface area contributed by atoms with Crippen molar-refractivity contribution in [1.82, 2.24) is 10.2 Å². The molecule has 0 aliphatic rings. The minimum atomic E-state index is -0.116. The molecule has 0 heterocycles. The molecule has 0 fully saturated rings. The SMILES string of the molecule is CCC(CC)N(C)CCCC(C)(CO)NC. The lowest BCUT2D eigenvalue weighted by molar-refractivity contribution is 0.159. The van der Waals surface area contributed by atoms with Crippen LogP contribution in [0.5, 0.6) is 0 Å². The topological polar surface area (TPSA) is 35.5 Å². The van der Waals surface area contributed by atoms with E-state index in [9.17, 15) is 5.11 Å². The maximum Gasteiger partial charge on any atom is 0.0610 e. The van der Waals surface area contributed by atoms with Crippen molar-refractivity contribution in [1.29, 1.82) is 0 Å². The van der Waals surface area contributed by atoms with Gasteiger partial charge in [-0.3, -0.25) is 0 Å². The van der Waals surface area contributed by atoms with E-state index in [1.807, 2.05) is 7.05 Å². The molecule has 0 bridgehead atoms. The standard InChI is InChI=1S/C13H30N2O/c1-6-12(7-2)15(5)10-8-9-13(3,11-16)14-4/h12,14,16H,6-11H2,1-5H3. The summed E-state index contributed by atoms with van der Waals surface area (Å²) in [7, 11) is 4.12. The Morgan fingerprint density at radius 2 is 1.88 bits per heavy atom. The first-order chi connectivity index (χ1) is 7.52. The van der Waals surface area contributed by atoms with Gasteiger partial charge in [-0.05, 0) is 53.2 Å². The Kier molecular flexibility index (Phi) is 7.98. The second kappa shape index (κ2) is 8.04. The molecule has 0 spiro atoms. The summed E-state index contributed by atoms with van der Waals surface area (Å²) in [6, 6.07) is 0.704. The summed E-state index contributed by atoms with van der Waals surface area (Å²) >= 11 is 0. The zero-order valence-electron chi connectivity index (χ0n) is 11.7. The van der Waals surface area contributed by atoms with Gasteiger partial charge in [0.15, 0.2) is 0 Å². The van der Waals surface area contributed by atoms with Gasteiger partial charge in [0.2, 0.25) is 0 Å². The molecule has 0 saturated carbocycles. The van der Waals surface area contributed by atoms with Gasteiger partial charge in [0.05, 0.1) is 6.61 Å². The number of nitrogens with one attached hydrogen (secondary N) is 1. The van der Waals surface area contributed by atoms with Gasteiger partial charge >= 0.3 is 0 Å². The summed E-state index contributed by atoms with van der Waals surface area (Å²) in [6.45, 7) is 7.89. The molecule has 0 rings (SSSR count). The van der Waals surface area contributed by atoms with E-state index in [0.717, 1.165) is 19.4 Å². The van der Waals surface area contributed by atoms with Crippen LogP contribution in [0.4, 0.5) is 0 Å². The Morgan fingerprint density at radius 3 is 2.25 bits per heavy atom. The predicted molar refractivity (Wildman–Crippen MR) is 70.8 cm³/mol. The van der Waals surface area contributed by atoms with E-state index in [4.69, 9.17) is 0 Å². The summed E-state index contributed by atoms with van der Waals surface area (Å²) in [6.07, 6.45) is 4.59. The van der Waals surface area contributed by atoms with Crippen LogP contribution in [0.1, 0.15) is 46.5 Å². The predicted octanol–water partition coefficient (Wildman–Crippen LogP) is 1.86. The summed E-state index contributed by atoms with van der Waals surface area (Å²) in [5, 5.41) is 12.5. The maximum absolute atomic E-state index is 9.28. The lowest BCUT2D eigenvalue weighted by Gasteiger charge is -2.30. The van der Waals surface area contributed by atoms with Crippen LogP contribution in [0.3, 0.4) is 0 Å². The first-order valence-electron chi connectivity index (χ1n) is 6.53. The maximum atomic E-state index is 9.28. The largest absolute Gasteiger partial charge is 0.394 e. The molecule has 2 N–H and O–H groups in total. The van der Waals surface area contributed by atoms with Crippen LogP contribution in [0.15, 0.2) is 0 Å². The first kappa shape index (κ1) is 15.9. The number of nitrogens with zero attached hydrogens (tertiary/aromatic N) is 1. The lowest BCUT2D eigenvalue weighted by atomic mass is 9.97. The number of likely N-dealkylation sites (N-methyl/N-ethyl adjacent to an activating group) is 1. The zero-order chi connectivity index (χ0) is 12.6. The van der Waals surface area contributed by atoms with Gasteiger partial charge in [0.25, 0.3) is 0 Å². The molecule has 0 aliphatic heterocycles. The average Bonchev–Trinajstić information content (AvgIpc) is 2.30. The number of aliphatic hydroxyl groups excluding tert-OH is 1. The highest BCUT2D eigenvalue weighted by Gasteiger charge is 2.20. The van der Waals surface area contributed by atoms with Crippen molar-refractivity contribution in [3.8, 4) is 0 Å². The summed E-state index contributed by atoms with van der Waals surface area (Å²) < 4.78 is 0. The Bertz CT molecular complexity index is 165. The van der Waals surface area contributed by atoms with E-state index in [2.05, 4.69) is 38.0 Å². The third kappa shape index (κ3) is 5.28. The van der Waals surface area contributed by atoms with Crippen LogP contribution in [0.25, 0.3) is 0 Å². The zero-order valence-corrected chi connectivity index (χ0v) is 11.7. The molecule has 0 aromatic heterocycles. The van der Waals surface area contributed by atoms with Crippen LogP contribution < -0.4 is 5.32 Å². The molecule has 3 nitrogen and oxygen atoms in total. The summed E-state index contributed by atoms with van der Waals surface area (Å²) in [5.74, 6) is 0. The van der Waals surface area contributed by atoms with Crippen LogP contribution >= 0.6 is 0 Å². The van der Waals surface area contributed by atoms with E-state index in [0.29, 0.717) is 6.04 Å². The summed E-state index contributed by atoms with van der Waals surface area (Å²) in [4.78, 5) is 2.44. The lowest BCUT2D eigenvalue weighted by Crippen LogP contribution is -2.44.